The van der Waals surface area contributed by atoms with Crippen LogP contribution in [0.1, 0.15) is 52.1 Å². The van der Waals surface area contributed by atoms with E-state index in [1.54, 1.807) is 12.3 Å². The second kappa shape index (κ2) is 10.5. The molecule has 2 aliphatic carbocycles. The van der Waals surface area contributed by atoms with Crippen molar-refractivity contribution in [1.82, 2.24) is 10.3 Å². The van der Waals surface area contributed by atoms with Crippen molar-refractivity contribution in [3.05, 3.63) is 60.2 Å². The van der Waals surface area contributed by atoms with Gasteiger partial charge < -0.3 is 14.8 Å². The van der Waals surface area contributed by atoms with E-state index >= 15 is 0 Å². The molecular formula is C29H39FN2O3Si. The number of aromatic nitrogens is 1. The fourth-order valence-corrected chi connectivity index (χ4v) is 6.97. The number of amides is 1. The second-order valence-corrected chi connectivity index (χ2v) is 16.7. The van der Waals surface area contributed by atoms with Gasteiger partial charge in [0.25, 0.3) is 0 Å². The summed E-state index contributed by atoms with van der Waals surface area (Å²) in [6.45, 7) is 11.4. The van der Waals surface area contributed by atoms with Gasteiger partial charge in [-0.05, 0) is 85.5 Å². The predicted molar refractivity (Wildman–Crippen MR) is 145 cm³/mol. The zero-order chi connectivity index (χ0) is 26.1. The van der Waals surface area contributed by atoms with Gasteiger partial charge in [0.2, 0.25) is 0 Å². The standard InChI is InChI=1S/C29H39FN2O3Si/c1-29(2,3)36(4,5)35-27-17-21-16-24(32-28(33)34)12-13-25(21)26(27)14-11-23-10-9-20(18-31-23)19-7-6-8-22(30)15-19/h6-11,14-15,18,21,24-27,32H,12-13,16-17H2,1-5H3,(H,33,34)/b14-11+/t21-,24?,25+,26-,27-/m0/s1. The quantitative estimate of drug-likeness (QED) is 0.398. The van der Waals surface area contributed by atoms with Gasteiger partial charge in [-0.15, -0.1) is 0 Å². The summed E-state index contributed by atoms with van der Waals surface area (Å²) in [5.41, 5.74) is 2.56. The van der Waals surface area contributed by atoms with Crippen LogP contribution in [0.15, 0.2) is 48.7 Å². The van der Waals surface area contributed by atoms with E-state index in [2.05, 4.69) is 56.3 Å². The van der Waals surface area contributed by atoms with Crippen molar-refractivity contribution in [3.8, 4) is 11.1 Å². The Kier molecular flexibility index (Phi) is 7.71. The SMILES string of the molecule is CC(C)(C)[Si](C)(C)O[C@H]1C[C@@H]2CC(NC(=O)O)CC[C@H]2[C@@H]1/C=C/c1ccc(-c2cccc(F)c2)cn1. The van der Waals surface area contributed by atoms with E-state index in [1.807, 2.05) is 18.2 Å². The highest BCUT2D eigenvalue weighted by atomic mass is 28.4. The molecule has 0 bridgehead atoms. The van der Waals surface area contributed by atoms with Crippen molar-refractivity contribution < 1.29 is 18.7 Å². The first-order valence-corrected chi connectivity index (χ1v) is 15.9. The van der Waals surface area contributed by atoms with Gasteiger partial charge in [0, 0.05) is 23.7 Å². The summed E-state index contributed by atoms with van der Waals surface area (Å²) < 4.78 is 20.6. The number of benzene rings is 1. The van der Waals surface area contributed by atoms with E-state index in [0.29, 0.717) is 11.8 Å². The lowest BCUT2D eigenvalue weighted by Crippen LogP contribution is -2.45. The van der Waals surface area contributed by atoms with Gasteiger partial charge in [-0.1, -0.05) is 45.0 Å². The first kappa shape index (κ1) is 26.5. The fraction of sp³-hybridized carbons (Fsp3) is 0.517. The zero-order valence-electron chi connectivity index (χ0n) is 22.0. The minimum Gasteiger partial charge on any atom is -0.465 e. The Labute approximate surface area is 215 Å². The van der Waals surface area contributed by atoms with E-state index in [0.717, 1.165) is 42.5 Å². The van der Waals surface area contributed by atoms with Crippen molar-refractivity contribution >= 4 is 20.5 Å². The lowest BCUT2D eigenvalue weighted by atomic mass is 9.76. The van der Waals surface area contributed by atoms with Crippen molar-refractivity contribution in [2.45, 2.75) is 76.7 Å². The summed E-state index contributed by atoms with van der Waals surface area (Å²) in [5.74, 6) is 0.950. The van der Waals surface area contributed by atoms with Gasteiger partial charge in [0.05, 0.1) is 11.8 Å². The lowest BCUT2D eigenvalue weighted by Gasteiger charge is -2.40. The molecule has 2 saturated carbocycles. The molecule has 7 heteroatoms. The third kappa shape index (κ3) is 6.06. The Morgan fingerprint density at radius 1 is 1.17 bits per heavy atom. The summed E-state index contributed by atoms with van der Waals surface area (Å²) in [4.78, 5) is 15.8. The van der Waals surface area contributed by atoms with E-state index in [-0.39, 0.29) is 28.9 Å². The minimum atomic E-state index is -1.97. The molecule has 1 unspecified atom stereocenters. The van der Waals surface area contributed by atoms with Gasteiger partial charge in [-0.25, -0.2) is 9.18 Å². The predicted octanol–water partition coefficient (Wildman–Crippen LogP) is 7.36. The normalized spacial score (nSPS) is 26.7. The number of rotatable bonds is 6. The highest BCUT2D eigenvalue weighted by Crippen LogP contribution is 2.50. The average Bonchev–Trinajstić information content (AvgIpc) is 3.12. The monoisotopic (exact) mass is 510 g/mol. The summed E-state index contributed by atoms with van der Waals surface area (Å²) in [6, 6.07) is 10.5. The molecule has 2 N–H and O–H groups in total. The number of fused-ring (bicyclic) bond motifs is 1. The fourth-order valence-electron chi connectivity index (χ4n) is 5.60. The first-order valence-electron chi connectivity index (χ1n) is 13.0. The molecule has 36 heavy (non-hydrogen) atoms. The molecule has 0 aliphatic heterocycles. The van der Waals surface area contributed by atoms with Crippen LogP contribution < -0.4 is 5.32 Å². The van der Waals surface area contributed by atoms with Crippen LogP contribution in [0, 0.1) is 23.6 Å². The molecule has 0 saturated heterocycles. The number of hydrogen-bond donors (Lipinski definition) is 2. The van der Waals surface area contributed by atoms with Crippen molar-refractivity contribution in [2.75, 3.05) is 0 Å². The highest BCUT2D eigenvalue weighted by Gasteiger charge is 2.49. The molecule has 5 atom stereocenters. The number of hydrogen-bond acceptors (Lipinski definition) is 3. The maximum absolute atomic E-state index is 13.6. The van der Waals surface area contributed by atoms with Crippen molar-refractivity contribution in [3.63, 3.8) is 0 Å². The summed E-state index contributed by atoms with van der Waals surface area (Å²) in [6.07, 6.45) is 9.05. The van der Waals surface area contributed by atoms with Crippen LogP contribution in [0.4, 0.5) is 9.18 Å². The van der Waals surface area contributed by atoms with Crippen LogP contribution in [0.25, 0.3) is 17.2 Å². The Morgan fingerprint density at radius 2 is 1.94 bits per heavy atom. The van der Waals surface area contributed by atoms with Gasteiger partial charge in [0.15, 0.2) is 8.32 Å². The Hall–Kier alpha value is -2.51. The lowest BCUT2D eigenvalue weighted by molar-refractivity contribution is 0.145. The molecule has 4 rings (SSSR count). The third-order valence-electron chi connectivity index (χ3n) is 8.51. The molecule has 0 radical (unpaired) electrons. The summed E-state index contributed by atoms with van der Waals surface area (Å²) in [7, 11) is -1.97. The number of carbonyl (C=O) groups is 1. The Balaban J connectivity index is 1.53. The molecule has 1 heterocycles. The molecule has 5 nitrogen and oxygen atoms in total. The molecule has 194 valence electrons. The van der Waals surface area contributed by atoms with Crippen LogP contribution in [0.3, 0.4) is 0 Å². The summed E-state index contributed by atoms with van der Waals surface area (Å²) >= 11 is 0. The molecule has 2 aromatic rings. The van der Waals surface area contributed by atoms with E-state index in [9.17, 15) is 14.3 Å². The summed E-state index contributed by atoms with van der Waals surface area (Å²) in [5, 5.41) is 12.0. The number of halogens is 1. The molecule has 2 aliphatic rings. The zero-order valence-corrected chi connectivity index (χ0v) is 23.0. The van der Waals surface area contributed by atoms with E-state index in [1.165, 1.54) is 12.1 Å². The Bertz CT molecular complexity index is 1100. The van der Waals surface area contributed by atoms with Crippen LogP contribution in [-0.4, -0.2) is 36.6 Å². The van der Waals surface area contributed by atoms with Gasteiger partial charge in [0.1, 0.15) is 5.82 Å². The van der Waals surface area contributed by atoms with Crippen molar-refractivity contribution in [2.24, 2.45) is 17.8 Å². The first-order chi connectivity index (χ1) is 16.9. The molecule has 1 amide bonds. The number of nitrogens with zero attached hydrogens (tertiary/aromatic N) is 1. The van der Waals surface area contributed by atoms with E-state index < -0.39 is 14.4 Å². The van der Waals surface area contributed by atoms with E-state index in [4.69, 9.17) is 4.43 Å². The number of carboxylic acid groups (broad SMARTS) is 1. The third-order valence-corrected chi connectivity index (χ3v) is 13.0. The molecular weight excluding hydrogens is 471 g/mol. The van der Waals surface area contributed by atoms with Gasteiger partial charge in [-0.2, -0.15) is 0 Å². The topological polar surface area (TPSA) is 71.5 Å². The molecule has 1 aromatic heterocycles. The average molecular weight is 511 g/mol. The van der Waals surface area contributed by atoms with Crippen LogP contribution in [-0.2, 0) is 4.43 Å². The van der Waals surface area contributed by atoms with Gasteiger partial charge >= 0.3 is 6.09 Å². The van der Waals surface area contributed by atoms with Gasteiger partial charge in [-0.3, -0.25) is 4.98 Å². The minimum absolute atomic E-state index is 0.0250. The van der Waals surface area contributed by atoms with Crippen LogP contribution >= 0.6 is 0 Å². The van der Waals surface area contributed by atoms with Crippen LogP contribution in [0.2, 0.25) is 18.1 Å². The maximum Gasteiger partial charge on any atom is 0.404 e. The highest BCUT2D eigenvalue weighted by molar-refractivity contribution is 6.74. The van der Waals surface area contributed by atoms with Crippen molar-refractivity contribution in [1.29, 1.82) is 0 Å². The maximum atomic E-state index is 13.6. The second-order valence-electron chi connectivity index (χ2n) is 12.0. The molecule has 1 aromatic carbocycles. The molecule has 0 spiro atoms. The number of nitrogens with one attached hydrogen (secondary N) is 1. The van der Waals surface area contributed by atoms with Crippen LogP contribution in [0.5, 0.6) is 0 Å². The molecule has 2 fully saturated rings. The number of pyridine rings is 1. The Morgan fingerprint density at radius 3 is 2.58 bits per heavy atom. The smallest absolute Gasteiger partial charge is 0.404 e. The largest absolute Gasteiger partial charge is 0.465 e.